The van der Waals surface area contributed by atoms with Crippen LogP contribution in [0.3, 0.4) is 0 Å². The van der Waals surface area contributed by atoms with Crippen LogP contribution in [0.5, 0.6) is 5.75 Å². The highest BCUT2D eigenvalue weighted by atomic mass is 35.5. The molecule has 100 valence electrons. The highest BCUT2D eigenvalue weighted by Crippen LogP contribution is 2.23. The Kier molecular flexibility index (Phi) is 4.70. The molecule has 2 nitrogen and oxygen atoms in total. The van der Waals surface area contributed by atoms with Crippen LogP contribution in [0.15, 0.2) is 42.5 Å². The molecular weight excluding hydrogens is 283 g/mol. The summed E-state index contributed by atoms with van der Waals surface area (Å²) in [6.07, 6.45) is 0.542. The first-order valence-electron chi connectivity index (χ1n) is 5.94. The van der Waals surface area contributed by atoms with Gasteiger partial charge < -0.3 is 10.2 Å². The SMILES string of the molecule is Oc1ccc(CC(O)Cc2ccc(Cl)c(Cl)c2)cc1. The molecule has 0 spiro atoms. The van der Waals surface area contributed by atoms with Crippen LogP contribution in [0.1, 0.15) is 11.1 Å². The smallest absolute Gasteiger partial charge is 0.115 e. The first kappa shape index (κ1) is 14.2. The number of rotatable bonds is 4. The molecule has 0 saturated carbocycles. The lowest BCUT2D eigenvalue weighted by atomic mass is 10.0. The average Bonchev–Trinajstić information content (AvgIpc) is 2.37. The van der Waals surface area contributed by atoms with Crippen LogP contribution < -0.4 is 0 Å². The van der Waals surface area contributed by atoms with Crippen molar-refractivity contribution < 1.29 is 10.2 Å². The molecule has 0 aliphatic rings. The Bertz CT molecular complexity index is 553. The number of aromatic hydroxyl groups is 1. The fourth-order valence-corrected chi connectivity index (χ4v) is 2.24. The van der Waals surface area contributed by atoms with Gasteiger partial charge in [-0.2, -0.15) is 0 Å². The highest BCUT2D eigenvalue weighted by molar-refractivity contribution is 6.42. The molecule has 2 aromatic rings. The summed E-state index contributed by atoms with van der Waals surface area (Å²) in [4.78, 5) is 0. The van der Waals surface area contributed by atoms with Crippen LogP contribution in [-0.4, -0.2) is 16.3 Å². The lowest BCUT2D eigenvalue weighted by molar-refractivity contribution is 0.175. The van der Waals surface area contributed by atoms with Gasteiger partial charge in [0, 0.05) is 0 Å². The Morgan fingerprint density at radius 3 is 2.05 bits per heavy atom. The zero-order chi connectivity index (χ0) is 13.8. The second kappa shape index (κ2) is 6.29. The minimum Gasteiger partial charge on any atom is -0.508 e. The number of phenolic OH excluding ortho intramolecular Hbond substituents is 1. The molecule has 0 saturated heterocycles. The van der Waals surface area contributed by atoms with Crippen molar-refractivity contribution in [3.05, 3.63) is 63.6 Å². The van der Waals surface area contributed by atoms with E-state index in [1.54, 1.807) is 36.4 Å². The van der Waals surface area contributed by atoms with Crippen LogP contribution in [0.4, 0.5) is 0 Å². The van der Waals surface area contributed by atoms with Crippen LogP contribution in [0, 0.1) is 0 Å². The maximum atomic E-state index is 10.0. The summed E-state index contributed by atoms with van der Waals surface area (Å²) in [7, 11) is 0. The summed E-state index contributed by atoms with van der Waals surface area (Å²) >= 11 is 11.8. The standard InChI is InChI=1S/C15H14Cl2O2/c16-14-6-3-11(9-15(14)17)8-13(19)7-10-1-4-12(18)5-2-10/h1-6,9,13,18-19H,7-8H2. The van der Waals surface area contributed by atoms with Crippen molar-refractivity contribution in [3.8, 4) is 5.75 Å². The van der Waals surface area contributed by atoms with E-state index < -0.39 is 6.10 Å². The van der Waals surface area contributed by atoms with E-state index in [1.165, 1.54) is 0 Å². The molecule has 0 bridgehead atoms. The number of hydrogen-bond acceptors (Lipinski definition) is 2. The predicted molar refractivity (Wildman–Crippen MR) is 78.0 cm³/mol. The zero-order valence-electron chi connectivity index (χ0n) is 10.2. The second-order valence-electron chi connectivity index (χ2n) is 4.48. The van der Waals surface area contributed by atoms with E-state index in [1.807, 2.05) is 6.07 Å². The van der Waals surface area contributed by atoms with E-state index in [2.05, 4.69) is 0 Å². The second-order valence-corrected chi connectivity index (χ2v) is 5.29. The van der Waals surface area contributed by atoms with Gasteiger partial charge >= 0.3 is 0 Å². The summed E-state index contributed by atoms with van der Waals surface area (Å²) < 4.78 is 0. The number of aliphatic hydroxyl groups is 1. The van der Waals surface area contributed by atoms with E-state index in [4.69, 9.17) is 23.2 Å². The van der Waals surface area contributed by atoms with Crippen molar-refractivity contribution in [3.63, 3.8) is 0 Å². The molecule has 2 N–H and O–H groups in total. The van der Waals surface area contributed by atoms with Crippen molar-refractivity contribution >= 4 is 23.2 Å². The molecule has 0 radical (unpaired) electrons. The number of hydrogen-bond donors (Lipinski definition) is 2. The summed E-state index contributed by atoms with van der Waals surface area (Å²) in [6.45, 7) is 0. The topological polar surface area (TPSA) is 40.5 Å². The summed E-state index contributed by atoms with van der Waals surface area (Å²) in [5.41, 5.74) is 1.92. The molecule has 4 heteroatoms. The summed E-state index contributed by atoms with van der Waals surface area (Å²) in [5.74, 6) is 0.225. The lowest BCUT2D eigenvalue weighted by Gasteiger charge is -2.11. The molecule has 0 aromatic heterocycles. The van der Waals surface area contributed by atoms with E-state index in [9.17, 15) is 10.2 Å². The summed E-state index contributed by atoms with van der Waals surface area (Å²) in [6, 6.07) is 12.2. The van der Waals surface area contributed by atoms with Gasteiger partial charge in [0.25, 0.3) is 0 Å². The predicted octanol–water partition coefficient (Wildman–Crippen LogP) is 3.85. The quantitative estimate of drug-likeness (QED) is 0.900. The first-order valence-corrected chi connectivity index (χ1v) is 6.70. The van der Waals surface area contributed by atoms with Gasteiger partial charge in [-0.25, -0.2) is 0 Å². The molecule has 1 atom stereocenters. The van der Waals surface area contributed by atoms with E-state index in [-0.39, 0.29) is 5.75 Å². The monoisotopic (exact) mass is 296 g/mol. The molecule has 1 unspecified atom stereocenters. The Morgan fingerprint density at radius 2 is 1.42 bits per heavy atom. The van der Waals surface area contributed by atoms with Crippen molar-refractivity contribution in [2.24, 2.45) is 0 Å². The van der Waals surface area contributed by atoms with E-state index >= 15 is 0 Å². The van der Waals surface area contributed by atoms with Gasteiger partial charge in [-0.05, 0) is 48.2 Å². The van der Waals surface area contributed by atoms with Gasteiger partial charge in [-0.15, -0.1) is 0 Å². The molecule has 0 fully saturated rings. The van der Waals surface area contributed by atoms with Crippen molar-refractivity contribution in [1.82, 2.24) is 0 Å². The van der Waals surface area contributed by atoms with Crippen molar-refractivity contribution in [2.75, 3.05) is 0 Å². The number of aliphatic hydroxyl groups excluding tert-OH is 1. The van der Waals surface area contributed by atoms with Crippen molar-refractivity contribution in [1.29, 1.82) is 0 Å². The number of phenols is 1. The summed E-state index contributed by atoms with van der Waals surface area (Å²) in [5, 5.41) is 20.2. The van der Waals surface area contributed by atoms with Gasteiger partial charge in [0.15, 0.2) is 0 Å². The van der Waals surface area contributed by atoms with Gasteiger partial charge in [0.2, 0.25) is 0 Å². The van der Waals surface area contributed by atoms with Gasteiger partial charge in [-0.1, -0.05) is 41.4 Å². The Balaban J connectivity index is 1.98. The normalized spacial score (nSPS) is 12.4. The van der Waals surface area contributed by atoms with Crippen LogP contribution in [0.2, 0.25) is 10.0 Å². The fraction of sp³-hybridized carbons (Fsp3) is 0.200. The van der Waals surface area contributed by atoms with E-state index in [0.717, 1.165) is 11.1 Å². The largest absolute Gasteiger partial charge is 0.508 e. The molecule has 0 amide bonds. The third-order valence-electron chi connectivity index (χ3n) is 2.86. The molecule has 19 heavy (non-hydrogen) atoms. The first-order chi connectivity index (χ1) is 9.04. The van der Waals surface area contributed by atoms with Gasteiger partial charge in [-0.3, -0.25) is 0 Å². The Labute approximate surface area is 122 Å². The molecular formula is C15H14Cl2O2. The lowest BCUT2D eigenvalue weighted by Crippen LogP contribution is -2.13. The van der Waals surface area contributed by atoms with Crippen LogP contribution in [-0.2, 0) is 12.8 Å². The maximum absolute atomic E-state index is 10.0. The van der Waals surface area contributed by atoms with Crippen LogP contribution >= 0.6 is 23.2 Å². The highest BCUT2D eigenvalue weighted by Gasteiger charge is 2.08. The third-order valence-corrected chi connectivity index (χ3v) is 3.60. The van der Waals surface area contributed by atoms with Gasteiger partial charge in [0.1, 0.15) is 5.75 Å². The Morgan fingerprint density at radius 1 is 0.842 bits per heavy atom. The molecule has 2 rings (SSSR count). The maximum Gasteiger partial charge on any atom is 0.115 e. The van der Waals surface area contributed by atoms with Crippen LogP contribution in [0.25, 0.3) is 0 Å². The minimum absolute atomic E-state index is 0.225. The molecule has 2 aromatic carbocycles. The Hall–Kier alpha value is -1.22. The minimum atomic E-state index is -0.498. The van der Waals surface area contributed by atoms with Gasteiger partial charge in [0.05, 0.1) is 16.1 Å². The number of halogens is 2. The fourth-order valence-electron chi connectivity index (χ4n) is 1.91. The number of benzene rings is 2. The molecule has 0 aliphatic heterocycles. The zero-order valence-corrected chi connectivity index (χ0v) is 11.7. The third kappa shape index (κ3) is 4.13. The van der Waals surface area contributed by atoms with Crippen molar-refractivity contribution in [2.45, 2.75) is 18.9 Å². The average molecular weight is 297 g/mol. The molecule has 0 heterocycles. The van der Waals surface area contributed by atoms with E-state index in [0.29, 0.717) is 22.9 Å². The molecule has 0 aliphatic carbocycles.